The van der Waals surface area contributed by atoms with Gasteiger partial charge in [-0.05, 0) is 31.2 Å². The monoisotopic (exact) mass is 290 g/mol. The Bertz CT molecular complexity index is 475. The predicted octanol–water partition coefficient (Wildman–Crippen LogP) is 2.64. The second-order valence-electron chi connectivity index (χ2n) is 4.38. The van der Waals surface area contributed by atoms with E-state index in [-0.39, 0.29) is 11.4 Å². The van der Waals surface area contributed by atoms with Gasteiger partial charge in [-0.2, -0.15) is 13.2 Å². The van der Waals surface area contributed by atoms with Gasteiger partial charge in [-0.3, -0.25) is 4.79 Å². The fourth-order valence-corrected chi connectivity index (χ4v) is 1.63. The van der Waals surface area contributed by atoms with Crippen molar-refractivity contribution in [3.63, 3.8) is 0 Å². The number of carbonyl (C=O) groups is 1. The summed E-state index contributed by atoms with van der Waals surface area (Å²) in [5.74, 6) is -0.875. The zero-order valence-electron chi connectivity index (χ0n) is 11.3. The largest absolute Gasteiger partial charge is 0.497 e. The molecule has 0 bridgehead atoms. The van der Waals surface area contributed by atoms with E-state index in [4.69, 9.17) is 10.5 Å². The van der Waals surface area contributed by atoms with E-state index in [0.29, 0.717) is 13.0 Å². The molecule has 112 valence electrons. The molecule has 0 saturated heterocycles. The first-order chi connectivity index (χ1) is 9.29. The molecule has 0 aliphatic heterocycles. The number of halogens is 3. The topological polar surface area (TPSA) is 64.3 Å². The maximum atomic E-state index is 12.9. The van der Waals surface area contributed by atoms with Crippen molar-refractivity contribution in [1.82, 2.24) is 0 Å². The molecule has 1 rings (SSSR count). The first-order valence-electron chi connectivity index (χ1n) is 6.05. The van der Waals surface area contributed by atoms with Crippen LogP contribution in [0.15, 0.2) is 18.2 Å². The highest BCUT2D eigenvalue weighted by Gasteiger charge is 2.34. The third-order valence-corrected chi connectivity index (χ3v) is 2.84. The Balaban J connectivity index is 3.03. The highest BCUT2D eigenvalue weighted by molar-refractivity contribution is 5.93. The van der Waals surface area contributed by atoms with Crippen molar-refractivity contribution in [2.24, 2.45) is 11.7 Å². The van der Waals surface area contributed by atoms with E-state index in [2.05, 4.69) is 5.32 Å². The SMILES string of the molecule is COc1ccc(NC(=O)C(C)CCN)c(C(F)(F)F)c1. The van der Waals surface area contributed by atoms with Crippen molar-refractivity contribution < 1.29 is 22.7 Å². The number of carbonyl (C=O) groups excluding carboxylic acids is 1. The summed E-state index contributed by atoms with van der Waals surface area (Å²) in [6, 6.07) is 3.39. The summed E-state index contributed by atoms with van der Waals surface area (Å²) in [6.07, 6.45) is -4.17. The Kier molecular flexibility index (Phi) is 5.38. The molecule has 0 radical (unpaired) electrons. The molecule has 1 unspecified atom stereocenters. The van der Waals surface area contributed by atoms with Crippen LogP contribution in [0.2, 0.25) is 0 Å². The number of rotatable bonds is 5. The lowest BCUT2D eigenvalue weighted by atomic mass is 10.1. The van der Waals surface area contributed by atoms with Crippen LogP contribution >= 0.6 is 0 Å². The lowest BCUT2D eigenvalue weighted by molar-refractivity contribution is -0.137. The van der Waals surface area contributed by atoms with E-state index >= 15 is 0 Å². The van der Waals surface area contributed by atoms with E-state index in [1.165, 1.54) is 19.2 Å². The van der Waals surface area contributed by atoms with Crippen LogP contribution in [0.25, 0.3) is 0 Å². The minimum atomic E-state index is -4.58. The average Bonchev–Trinajstić information content (AvgIpc) is 2.38. The van der Waals surface area contributed by atoms with Gasteiger partial charge in [0.1, 0.15) is 5.75 Å². The summed E-state index contributed by atoms with van der Waals surface area (Å²) < 4.78 is 43.6. The molecule has 0 fully saturated rings. The van der Waals surface area contributed by atoms with Gasteiger partial charge in [0, 0.05) is 5.92 Å². The third-order valence-electron chi connectivity index (χ3n) is 2.84. The van der Waals surface area contributed by atoms with Crippen LogP contribution in [0.4, 0.5) is 18.9 Å². The highest BCUT2D eigenvalue weighted by atomic mass is 19.4. The molecule has 1 aromatic carbocycles. The minimum absolute atomic E-state index is 0.0744. The summed E-state index contributed by atoms with van der Waals surface area (Å²) in [5.41, 5.74) is 4.10. The van der Waals surface area contributed by atoms with Gasteiger partial charge in [0.2, 0.25) is 5.91 Å². The zero-order valence-corrected chi connectivity index (χ0v) is 11.3. The lowest BCUT2D eigenvalue weighted by Crippen LogP contribution is -2.24. The first-order valence-corrected chi connectivity index (χ1v) is 6.05. The van der Waals surface area contributed by atoms with Gasteiger partial charge in [0.25, 0.3) is 0 Å². The number of alkyl halides is 3. The van der Waals surface area contributed by atoms with Crippen LogP contribution in [0, 0.1) is 5.92 Å². The number of benzene rings is 1. The number of anilines is 1. The lowest BCUT2D eigenvalue weighted by Gasteiger charge is -2.17. The number of hydrogen-bond acceptors (Lipinski definition) is 3. The molecule has 1 amide bonds. The summed E-state index contributed by atoms with van der Waals surface area (Å²) in [5, 5.41) is 2.28. The molecule has 7 heteroatoms. The standard InChI is InChI=1S/C13H17F3N2O2/c1-8(5-6-17)12(19)18-11-4-3-9(20-2)7-10(11)13(14,15)16/h3-4,7-8H,5-6,17H2,1-2H3,(H,18,19). The minimum Gasteiger partial charge on any atom is -0.497 e. The van der Waals surface area contributed by atoms with Gasteiger partial charge >= 0.3 is 6.18 Å². The smallest absolute Gasteiger partial charge is 0.418 e. The zero-order chi connectivity index (χ0) is 15.3. The fraction of sp³-hybridized carbons (Fsp3) is 0.462. The molecule has 0 aliphatic rings. The van der Waals surface area contributed by atoms with Gasteiger partial charge < -0.3 is 15.8 Å². The Morgan fingerprint density at radius 2 is 2.10 bits per heavy atom. The average molecular weight is 290 g/mol. The van der Waals surface area contributed by atoms with Crippen LogP contribution in [-0.4, -0.2) is 19.6 Å². The number of nitrogens with two attached hydrogens (primary N) is 1. The van der Waals surface area contributed by atoms with Crippen molar-refractivity contribution in [3.05, 3.63) is 23.8 Å². The molecule has 4 nitrogen and oxygen atoms in total. The molecular weight excluding hydrogens is 273 g/mol. The number of nitrogens with one attached hydrogen (secondary N) is 1. The number of hydrogen-bond donors (Lipinski definition) is 2. The van der Waals surface area contributed by atoms with Gasteiger partial charge in [-0.15, -0.1) is 0 Å². The van der Waals surface area contributed by atoms with Crippen LogP contribution in [0.5, 0.6) is 5.75 Å². The number of ether oxygens (including phenoxy) is 1. The molecule has 20 heavy (non-hydrogen) atoms. The first kappa shape index (κ1) is 16.3. The predicted molar refractivity (Wildman–Crippen MR) is 69.5 cm³/mol. The van der Waals surface area contributed by atoms with E-state index in [1.807, 2.05) is 0 Å². The van der Waals surface area contributed by atoms with Crippen LogP contribution in [0.1, 0.15) is 18.9 Å². The Hall–Kier alpha value is -1.76. The molecular formula is C13H17F3N2O2. The van der Waals surface area contributed by atoms with Crippen molar-refractivity contribution in [2.75, 3.05) is 19.0 Å². The maximum absolute atomic E-state index is 12.9. The molecule has 0 spiro atoms. The van der Waals surface area contributed by atoms with Crippen molar-refractivity contribution in [1.29, 1.82) is 0 Å². The second-order valence-corrected chi connectivity index (χ2v) is 4.38. The summed E-state index contributed by atoms with van der Waals surface area (Å²) >= 11 is 0. The molecule has 3 N–H and O–H groups in total. The van der Waals surface area contributed by atoms with Gasteiger partial charge in [0.05, 0.1) is 18.4 Å². The van der Waals surface area contributed by atoms with Gasteiger partial charge in [0.15, 0.2) is 0 Å². The highest BCUT2D eigenvalue weighted by Crippen LogP contribution is 2.37. The van der Waals surface area contributed by atoms with E-state index in [9.17, 15) is 18.0 Å². The summed E-state index contributed by atoms with van der Waals surface area (Å²) in [6.45, 7) is 1.91. The Labute approximate surface area is 115 Å². The maximum Gasteiger partial charge on any atom is 0.418 e. The number of methoxy groups -OCH3 is 1. The summed E-state index contributed by atoms with van der Waals surface area (Å²) in [7, 11) is 1.27. The quantitative estimate of drug-likeness (QED) is 0.876. The Morgan fingerprint density at radius 3 is 2.60 bits per heavy atom. The third kappa shape index (κ3) is 4.12. The van der Waals surface area contributed by atoms with Crippen molar-refractivity contribution in [3.8, 4) is 5.75 Å². The molecule has 0 heterocycles. The molecule has 0 aliphatic carbocycles. The van der Waals surface area contributed by atoms with Gasteiger partial charge in [-0.25, -0.2) is 0 Å². The van der Waals surface area contributed by atoms with E-state index in [1.54, 1.807) is 6.92 Å². The number of amides is 1. The van der Waals surface area contributed by atoms with Crippen molar-refractivity contribution in [2.45, 2.75) is 19.5 Å². The normalized spacial score (nSPS) is 12.9. The fourth-order valence-electron chi connectivity index (χ4n) is 1.63. The Morgan fingerprint density at radius 1 is 1.45 bits per heavy atom. The van der Waals surface area contributed by atoms with Crippen LogP contribution in [-0.2, 0) is 11.0 Å². The van der Waals surface area contributed by atoms with Crippen LogP contribution < -0.4 is 15.8 Å². The van der Waals surface area contributed by atoms with Gasteiger partial charge in [-0.1, -0.05) is 6.92 Å². The molecule has 1 atom stereocenters. The van der Waals surface area contributed by atoms with E-state index < -0.39 is 23.6 Å². The van der Waals surface area contributed by atoms with Crippen LogP contribution in [0.3, 0.4) is 0 Å². The van der Waals surface area contributed by atoms with E-state index in [0.717, 1.165) is 6.07 Å². The second kappa shape index (κ2) is 6.60. The molecule has 0 aromatic heterocycles. The molecule has 0 saturated carbocycles. The van der Waals surface area contributed by atoms with Crippen molar-refractivity contribution >= 4 is 11.6 Å². The summed E-state index contributed by atoms with van der Waals surface area (Å²) in [4.78, 5) is 11.8. The molecule has 1 aromatic rings.